The predicted molar refractivity (Wildman–Crippen MR) is 84.8 cm³/mol. The van der Waals surface area contributed by atoms with Gasteiger partial charge in [-0.15, -0.1) is 0 Å². The molecule has 2 aromatic carbocycles. The van der Waals surface area contributed by atoms with Crippen molar-refractivity contribution in [3.8, 4) is 28.4 Å². The van der Waals surface area contributed by atoms with Crippen molar-refractivity contribution in [2.24, 2.45) is 0 Å². The molecule has 0 spiro atoms. The van der Waals surface area contributed by atoms with Crippen molar-refractivity contribution < 1.29 is 9.15 Å². The van der Waals surface area contributed by atoms with E-state index in [1.54, 1.807) is 7.11 Å². The first-order chi connectivity index (χ1) is 10.3. The molecule has 0 saturated carbocycles. The van der Waals surface area contributed by atoms with Crippen molar-refractivity contribution in [3.05, 3.63) is 66.7 Å². The lowest BCUT2D eigenvalue weighted by atomic mass is 10.1. The van der Waals surface area contributed by atoms with Crippen molar-refractivity contribution in [2.75, 3.05) is 7.11 Å². The summed E-state index contributed by atoms with van der Waals surface area (Å²) in [5.41, 5.74) is 2.20. The molecule has 0 N–H and O–H groups in total. The van der Waals surface area contributed by atoms with Crippen LogP contribution in [0.3, 0.4) is 0 Å². The molecule has 4 rings (SSSR count). The van der Waals surface area contributed by atoms with Crippen LogP contribution in [0.5, 0.6) is 5.75 Å². The second-order valence-corrected chi connectivity index (χ2v) is 5.04. The molecule has 1 heterocycles. The van der Waals surface area contributed by atoms with Gasteiger partial charge < -0.3 is 9.15 Å². The largest absolute Gasteiger partial charge is 0.497 e. The molecule has 21 heavy (non-hydrogen) atoms. The molecule has 0 amide bonds. The van der Waals surface area contributed by atoms with Crippen LogP contribution in [0, 0.1) is 0 Å². The summed E-state index contributed by atoms with van der Waals surface area (Å²) in [6.45, 7) is 0. The summed E-state index contributed by atoms with van der Waals surface area (Å²) in [7, 11) is 1.67. The summed E-state index contributed by atoms with van der Waals surface area (Å²) >= 11 is 0. The van der Waals surface area contributed by atoms with Crippen LogP contribution < -0.4 is 4.74 Å². The maximum Gasteiger partial charge on any atom is 0.135 e. The zero-order valence-corrected chi connectivity index (χ0v) is 11.7. The fourth-order valence-electron chi connectivity index (χ4n) is 2.70. The molecule has 0 fully saturated rings. The maximum atomic E-state index is 6.07. The fourth-order valence-corrected chi connectivity index (χ4v) is 2.70. The topological polar surface area (TPSA) is 22.4 Å². The van der Waals surface area contributed by atoms with Crippen molar-refractivity contribution >= 4 is 10.8 Å². The smallest absolute Gasteiger partial charge is 0.135 e. The average molecular weight is 274 g/mol. The van der Waals surface area contributed by atoms with Crippen LogP contribution in [-0.4, -0.2) is 7.11 Å². The molecule has 102 valence electrons. The lowest BCUT2D eigenvalue weighted by Crippen LogP contribution is -1.83. The van der Waals surface area contributed by atoms with Gasteiger partial charge in [-0.2, -0.15) is 0 Å². The molecule has 2 nitrogen and oxygen atoms in total. The van der Waals surface area contributed by atoms with Gasteiger partial charge in [0.15, 0.2) is 0 Å². The first kappa shape index (κ1) is 12.0. The van der Waals surface area contributed by atoms with Crippen molar-refractivity contribution in [2.45, 2.75) is 0 Å². The van der Waals surface area contributed by atoms with Gasteiger partial charge in [-0.25, -0.2) is 0 Å². The molecule has 0 aromatic heterocycles. The predicted octanol–water partition coefficient (Wildman–Crippen LogP) is 5.21. The van der Waals surface area contributed by atoms with E-state index in [9.17, 15) is 0 Å². The van der Waals surface area contributed by atoms with Crippen LogP contribution in [0.25, 0.3) is 33.4 Å². The van der Waals surface area contributed by atoms with Gasteiger partial charge in [0.1, 0.15) is 17.3 Å². The number of hydrogen-bond acceptors (Lipinski definition) is 2. The molecule has 2 aliphatic rings. The van der Waals surface area contributed by atoms with Crippen molar-refractivity contribution in [1.29, 1.82) is 0 Å². The van der Waals surface area contributed by atoms with E-state index < -0.39 is 0 Å². The summed E-state index contributed by atoms with van der Waals surface area (Å²) in [5, 5.41) is 2.45. The number of benzene rings is 2. The zero-order valence-electron chi connectivity index (χ0n) is 11.7. The Hall–Kier alpha value is -2.74. The second kappa shape index (κ2) is 4.67. The second-order valence-electron chi connectivity index (χ2n) is 5.04. The minimum atomic E-state index is 0.846. The molecule has 2 heteroatoms. The summed E-state index contributed by atoms with van der Waals surface area (Å²) in [6, 6.07) is 22.5. The lowest BCUT2D eigenvalue weighted by molar-refractivity contribution is 0.415. The summed E-state index contributed by atoms with van der Waals surface area (Å²) < 4.78 is 11.3. The van der Waals surface area contributed by atoms with Gasteiger partial charge in [-0.05, 0) is 53.2 Å². The van der Waals surface area contributed by atoms with Gasteiger partial charge >= 0.3 is 0 Å². The Bertz CT molecular complexity index is 872. The number of fused-ring (bicyclic) bond motifs is 3. The zero-order chi connectivity index (χ0) is 14.2. The molecule has 0 unspecified atom stereocenters. The Kier molecular flexibility index (Phi) is 2.68. The molecular weight excluding hydrogens is 260 g/mol. The highest BCUT2D eigenvalue weighted by Crippen LogP contribution is 2.37. The molecular formula is C19H14O2. The number of hydrogen-bond donors (Lipinski definition) is 0. The van der Waals surface area contributed by atoms with E-state index in [4.69, 9.17) is 9.15 Å². The van der Waals surface area contributed by atoms with Gasteiger partial charge in [-0.1, -0.05) is 24.3 Å². The molecule has 2 aromatic rings. The number of methoxy groups -OCH3 is 1. The molecule has 0 atom stereocenters. The quantitative estimate of drug-likeness (QED) is 0.500. The van der Waals surface area contributed by atoms with E-state index in [0.717, 1.165) is 28.4 Å². The Balaban J connectivity index is 1.86. The van der Waals surface area contributed by atoms with Gasteiger partial charge in [0.25, 0.3) is 0 Å². The van der Waals surface area contributed by atoms with E-state index in [1.165, 1.54) is 10.8 Å². The molecule has 1 aliphatic heterocycles. The van der Waals surface area contributed by atoms with E-state index in [-0.39, 0.29) is 0 Å². The van der Waals surface area contributed by atoms with Crippen molar-refractivity contribution in [1.82, 2.24) is 0 Å². The van der Waals surface area contributed by atoms with Crippen LogP contribution in [0.2, 0.25) is 0 Å². The number of rotatable bonds is 2. The van der Waals surface area contributed by atoms with Crippen molar-refractivity contribution in [3.63, 3.8) is 0 Å². The Labute approximate surface area is 122 Å². The van der Waals surface area contributed by atoms with Gasteiger partial charge in [0, 0.05) is 11.1 Å². The minimum Gasteiger partial charge on any atom is -0.497 e. The first-order valence-electron chi connectivity index (χ1n) is 6.91. The highest BCUT2D eigenvalue weighted by molar-refractivity contribution is 6.00. The lowest BCUT2D eigenvalue weighted by Gasteiger charge is -2.06. The third-order valence-electron chi connectivity index (χ3n) is 3.80. The van der Waals surface area contributed by atoms with Crippen LogP contribution >= 0.6 is 0 Å². The van der Waals surface area contributed by atoms with Crippen LogP contribution in [0.1, 0.15) is 0 Å². The fraction of sp³-hybridized carbons (Fsp3) is 0.0526. The Morgan fingerprint density at radius 3 is 2.43 bits per heavy atom. The monoisotopic (exact) mass is 274 g/mol. The third kappa shape index (κ3) is 1.96. The normalized spacial score (nSPS) is 11.1. The van der Waals surface area contributed by atoms with E-state index >= 15 is 0 Å². The highest BCUT2D eigenvalue weighted by atomic mass is 16.5. The minimum absolute atomic E-state index is 0.846. The van der Waals surface area contributed by atoms with Gasteiger partial charge in [0.2, 0.25) is 0 Å². The maximum absolute atomic E-state index is 6.07. The van der Waals surface area contributed by atoms with E-state index in [0.29, 0.717) is 0 Å². The van der Waals surface area contributed by atoms with Gasteiger partial charge in [0.05, 0.1) is 7.11 Å². The molecule has 0 saturated heterocycles. The Morgan fingerprint density at radius 1 is 0.810 bits per heavy atom. The Morgan fingerprint density at radius 2 is 1.62 bits per heavy atom. The van der Waals surface area contributed by atoms with Crippen LogP contribution in [0.4, 0.5) is 0 Å². The summed E-state index contributed by atoms with van der Waals surface area (Å²) in [6.07, 6.45) is 0. The first-order valence-corrected chi connectivity index (χ1v) is 6.91. The highest BCUT2D eigenvalue weighted by Gasteiger charge is 2.13. The average Bonchev–Trinajstić information content (AvgIpc) is 2.92. The summed E-state index contributed by atoms with van der Waals surface area (Å²) in [5.74, 6) is 2.63. The molecule has 0 bridgehead atoms. The summed E-state index contributed by atoms with van der Waals surface area (Å²) in [4.78, 5) is 0. The van der Waals surface area contributed by atoms with E-state index in [2.05, 4.69) is 30.3 Å². The number of ether oxygens (including phenoxy) is 1. The molecule has 1 aliphatic carbocycles. The van der Waals surface area contributed by atoms with Crippen LogP contribution in [-0.2, 0) is 0 Å². The standard InChI is InChI=1S/C19H14O2/c1-20-15-8-6-13(7-9-15)18-11-10-17-16-5-3-2-4-14(16)12-19(17)21-18/h2-12H,1H3. The van der Waals surface area contributed by atoms with Gasteiger partial charge in [-0.3, -0.25) is 0 Å². The van der Waals surface area contributed by atoms with Crippen LogP contribution in [0.15, 0.2) is 71.1 Å². The molecule has 0 radical (unpaired) electrons. The SMILES string of the molecule is COc1ccc(-c2ccc3c4ccccc4cc-3o2)cc1. The van der Waals surface area contributed by atoms with E-state index in [1.807, 2.05) is 36.4 Å². The third-order valence-corrected chi connectivity index (χ3v) is 3.80.